The second-order valence-electron chi connectivity index (χ2n) is 5.26. The lowest BCUT2D eigenvalue weighted by molar-refractivity contribution is 0.436. The van der Waals surface area contributed by atoms with Gasteiger partial charge in [0.1, 0.15) is 0 Å². The molecule has 1 rings (SSSR count). The SMILES string of the molecule is CC/C=C(\CC)C1(C)CC1(C)NCCC. The smallest absolute Gasteiger partial charge is 0.0253 e. The normalized spacial score (nSPS) is 35.7. The molecular weight excluding hydrogens is 182 g/mol. The van der Waals surface area contributed by atoms with E-state index in [9.17, 15) is 0 Å². The highest BCUT2D eigenvalue weighted by molar-refractivity contribution is 5.33. The number of allylic oxidation sites excluding steroid dienone is 1. The van der Waals surface area contributed by atoms with E-state index in [0.29, 0.717) is 11.0 Å². The Kier molecular flexibility index (Phi) is 3.99. The molecule has 1 aliphatic carbocycles. The van der Waals surface area contributed by atoms with Gasteiger partial charge in [-0.3, -0.25) is 0 Å². The first-order valence-electron chi connectivity index (χ1n) is 6.48. The van der Waals surface area contributed by atoms with Crippen LogP contribution in [0.3, 0.4) is 0 Å². The fraction of sp³-hybridized carbons (Fsp3) is 0.857. The molecule has 1 fully saturated rings. The van der Waals surface area contributed by atoms with Crippen LogP contribution in [0.5, 0.6) is 0 Å². The summed E-state index contributed by atoms with van der Waals surface area (Å²) in [6.07, 6.45) is 7.33. The summed E-state index contributed by atoms with van der Waals surface area (Å²) in [6.45, 7) is 12.7. The molecule has 1 N–H and O–H groups in total. The molecule has 15 heavy (non-hydrogen) atoms. The second kappa shape index (κ2) is 4.69. The van der Waals surface area contributed by atoms with E-state index < -0.39 is 0 Å². The molecule has 0 bridgehead atoms. The Morgan fingerprint density at radius 3 is 2.40 bits per heavy atom. The van der Waals surface area contributed by atoms with Crippen LogP contribution in [0.2, 0.25) is 0 Å². The van der Waals surface area contributed by atoms with Crippen LogP contribution >= 0.6 is 0 Å². The zero-order chi connectivity index (χ0) is 11.5. The molecule has 0 saturated heterocycles. The van der Waals surface area contributed by atoms with Crippen LogP contribution < -0.4 is 5.32 Å². The standard InChI is InChI=1S/C14H27N/c1-6-9-12(8-3)13(4)11-14(13,5)15-10-7-2/h9,15H,6-8,10-11H2,1-5H3/b12-9+. The van der Waals surface area contributed by atoms with Gasteiger partial charge in [-0.05, 0) is 39.2 Å². The van der Waals surface area contributed by atoms with Gasteiger partial charge in [-0.15, -0.1) is 0 Å². The Balaban J connectivity index is 2.67. The third-order valence-corrected chi connectivity index (χ3v) is 4.11. The molecule has 0 spiro atoms. The Morgan fingerprint density at radius 2 is 1.93 bits per heavy atom. The molecule has 0 amide bonds. The molecule has 2 unspecified atom stereocenters. The van der Waals surface area contributed by atoms with Crippen LogP contribution in [0.25, 0.3) is 0 Å². The molecule has 1 nitrogen and oxygen atoms in total. The van der Waals surface area contributed by atoms with Crippen LogP contribution in [0.1, 0.15) is 60.3 Å². The molecule has 0 aromatic rings. The highest BCUT2D eigenvalue weighted by Crippen LogP contribution is 2.61. The monoisotopic (exact) mass is 209 g/mol. The second-order valence-corrected chi connectivity index (χ2v) is 5.26. The van der Waals surface area contributed by atoms with Gasteiger partial charge in [0.15, 0.2) is 0 Å². The molecule has 1 saturated carbocycles. The van der Waals surface area contributed by atoms with Crippen molar-refractivity contribution < 1.29 is 0 Å². The van der Waals surface area contributed by atoms with Gasteiger partial charge in [0.25, 0.3) is 0 Å². The predicted octanol–water partition coefficient (Wildman–Crippen LogP) is 3.90. The molecule has 88 valence electrons. The summed E-state index contributed by atoms with van der Waals surface area (Å²) >= 11 is 0. The van der Waals surface area contributed by atoms with E-state index in [0.717, 1.165) is 6.54 Å². The van der Waals surface area contributed by atoms with E-state index in [4.69, 9.17) is 0 Å². The van der Waals surface area contributed by atoms with Crippen molar-refractivity contribution in [2.45, 2.75) is 65.8 Å². The van der Waals surface area contributed by atoms with Crippen molar-refractivity contribution >= 4 is 0 Å². The van der Waals surface area contributed by atoms with E-state index in [1.54, 1.807) is 5.57 Å². The minimum atomic E-state index is 0.361. The van der Waals surface area contributed by atoms with E-state index in [1.165, 1.54) is 25.7 Å². The molecule has 0 aliphatic heterocycles. The molecule has 0 radical (unpaired) electrons. The first-order valence-corrected chi connectivity index (χ1v) is 6.48. The quantitative estimate of drug-likeness (QED) is 0.654. The van der Waals surface area contributed by atoms with Crippen LogP contribution in [-0.4, -0.2) is 12.1 Å². The zero-order valence-electron chi connectivity index (χ0n) is 11.1. The Hall–Kier alpha value is -0.300. The molecular formula is C14H27N. The fourth-order valence-electron chi connectivity index (χ4n) is 2.80. The highest BCUT2D eigenvalue weighted by atomic mass is 15.1. The summed E-state index contributed by atoms with van der Waals surface area (Å²) in [5.41, 5.74) is 2.43. The van der Waals surface area contributed by atoms with Gasteiger partial charge in [0.2, 0.25) is 0 Å². The summed E-state index contributed by atoms with van der Waals surface area (Å²) in [4.78, 5) is 0. The lowest BCUT2D eigenvalue weighted by Gasteiger charge is -2.22. The van der Waals surface area contributed by atoms with Crippen molar-refractivity contribution in [1.82, 2.24) is 5.32 Å². The number of nitrogens with one attached hydrogen (secondary N) is 1. The van der Waals surface area contributed by atoms with Crippen molar-refractivity contribution in [2.75, 3.05) is 6.54 Å². The Morgan fingerprint density at radius 1 is 1.27 bits per heavy atom. The minimum Gasteiger partial charge on any atom is -0.311 e. The molecule has 1 heteroatoms. The summed E-state index contributed by atoms with van der Waals surface area (Å²) in [6, 6.07) is 0. The zero-order valence-corrected chi connectivity index (χ0v) is 11.1. The molecule has 0 heterocycles. The van der Waals surface area contributed by atoms with Crippen molar-refractivity contribution in [3.05, 3.63) is 11.6 Å². The van der Waals surface area contributed by atoms with E-state index >= 15 is 0 Å². The topological polar surface area (TPSA) is 12.0 Å². The predicted molar refractivity (Wildman–Crippen MR) is 68.1 cm³/mol. The van der Waals surface area contributed by atoms with Crippen LogP contribution in [0.4, 0.5) is 0 Å². The lowest BCUT2D eigenvalue weighted by Crippen LogP contribution is -2.34. The Bertz CT molecular complexity index is 244. The summed E-state index contributed by atoms with van der Waals surface area (Å²) in [7, 11) is 0. The number of hydrogen-bond donors (Lipinski definition) is 1. The third-order valence-electron chi connectivity index (χ3n) is 4.11. The van der Waals surface area contributed by atoms with Crippen molar-refractivity contribution in [1.29, 1.82) is 0 Å². The summed E-state index contributed by atoms with van der Waals surface area (Å²) in [5.74, 6) is 0. The van der Waals surface area contributed by atoms with E-state index in [1.807, 2.05) is 0 Å². The third kappa shape index (κ3) is 2.28. The molecule has 0 aromatic carbocycles. The molecule has 1 aliphatic rings. The van der Waals surface area contributed by atoms with E-state index in [-0.39, 0.29) is 0 Å². The van der Waals surface area contributed by atoms with Crippen molar-refractivity contribution in [3.8, 4) is 0 Å². The van der Waals surface area contributed by atoms with Gasteiger partial charge in [-0.25, -0.2) is 0 Å². The number of rotatable bonds is 6. The van der Waals surface area contributed by atoms with Gasteiger partial charge in [-0.2, -0.15) is 0 Å². The Labute approximate surface area is 95.3 Å². The average Bonchev–Trinajstić information content (AvgIpc) is 2.76. The largest absolute Gasteiger partial charge is 0.311 e. The van der Waals surface area contributed by atoms with Gasteiger partial charge in [0.05, 0.1) is 0 Å². The van der Waals surface area contributed by atoms with Crippen molar-refractivity contribution in [2.24, 2.45) is 5.41 Å². The van der Waals surface area contributed by atoms with Gasteiger partial charge in [0, 0.05) is 11.0 Å². The maximum atomic E-state index is 3.71. The fourth-order valence-corrected chi connectivity index (χ4v) is 2.80. The first kappa shape index (κ1) is 12.8. The van der Waals surface area contributed by atoms with Crippen LogP contribution in [-0.2, 0) is 0 Å². The molecule has 2 atom stereocenters. The van der Waals surface area contributed by atoms with Gasteiger partial charge < -0.3 is 5.32 Å². The van der Waals surface area contributed by atoms with Crippen LogP contribution in [0, 0.1) is 5.41 Å². The summed E-state index contributed by atoms with van der Waals surface area (Å²) in [5, 5.41) is 3.71. The number of hydrogen-bond acceptors (Lipinski definition) is 1. The van der Waals surface area contributed by atoms with Crippen molar-refractivity contribution in [3.63, 3.8) is 0 Å². The maximum Gasteiger partial charge on any atom is 0.0253 e. The van der Waals surface area contributed by atoms with Gasteiger partial charge in [-0.1, -0.05) is 39.3 Å². The summed E-state index contributed by atoms with van der Waals surface area (Å²) < 4.78 is 0. The minimum absolute atomic E-state index is 0.361. The molecule has 0 aromatic heterocycles. The average molecular weight is 209 g/mol. The van der Waals surface area contributed by atoms with Gasteiger partial charge >= 0.3 is 0 Å². The lowest BCUT2D eigenvalue weighted by atomic mass is 9.90. The highest BCUT2D eigenvalue weighted by Gasteiger charge is 2.61. The van der Waals surface area contributed by atoms with Crippen LogP contribution in [0.15, 0.2) is 11.6 Å². The van der Waals surface area contributed by atoms with E-state index in [2.05, 4.69) is 46.0 Å². The maximum absolute atomic E-state index is 3.71. The first-order chi connectivity index (χ1) is 7.04.